The first-order valence-corrected chi connectivity index (χ1v) is 11.5. The Morgan fingerprint density at radius 3 is 1.41 bits per heavy atom. The van der Waals surface area contributed by atoms with Crippen LogP contribution in [0.1, 0.15) is 103 Å². The van der Waals surface area contributed by atoms with Crippen molar-refractivity contribution in [1.82, 2.24) is 0 Å². The number of hydrogen-bond donors (Lipinski definition) is 0. The summed E-state index contributed by atoms with van der Waals surface area (Å²) < 4.78 is 0. The summed E-state index contributed by atoms with van der Waals surface area (Å²) in [5, 5.41) is 1.20. The van der Waals surface area contributed by atoms with Gasteiger partial charge in [-0.05, 0) is 30.1 Å². The van der Waals surface area contributed by atoms with Crippen LogP contribution in [0.15, 0.2) is 0 Å². The zero-order valence-electron chi connectivity index (χ0n) is 15.0. The van der Waals surface area contributed by atoms with Crippen LogP contribution in [0.2, 0.25) is 0 Å². The summed E-state index contributed by atoms with van der Waals surface area (Å²) in [7, 11) is 0. The van der Waals surface area contributed by atoms with Crippen molar-refractivity contribution in [2.45, 2.75) is 103 Å². The first-order chi connectivity index (χ1) is 10.8. The zero-order valence-corrected chi connectivity index (χ0v) is 16.6. The second-order valence-corrected chi connectivity index (χ2v) is 9.12. The maximum Gasteiger partial charge on any atom is 0.00313 e. The van der Waals surface area contributed by atoms with Crippen LogP contribution in [0.25, 0.3) is 0 Å². The number of alkyl halides is 1. The molecule has 2 aliphatic carbocycles. The Morgan fingerprint density at radius 1 is 0.591 bits per heavy atom. The van der Waals surface area contributed by atoms with Gasteiger partial charge in [0.25, 0.3) is 0 Å². The van der Waals surface area contributed by atoms with Gasteiger partial charge in [0.1, 0.15) is 0 Å². The fourth-order valence-electron chi connectivity index (χ4n) is 5.02. The second-order valence-electron chi connectivity index (χ2n) is 8.32. The van der Waals surface area contributed by atoms with Crippen LogP contribution in [0, 0.1) is 23.7 Å². The van der Waals surface area contributed by atoms with Crippen LogP contribution < -0.4 is 0 Å². The van der Waals surface area contributed by atoms with Crippen LogP contribution in [0.5, 0.6) is 0 Å². The van der Waals surface area contributed by atoms with Crippen LogP contribution >= 0.6 is 15.9 Å². The van der Waals surface area contributed by atoms with E-state index in [1.54, 1.807) is 51.4 Å². The molecule has 0 saturated heterocycles. The van der Waals surface area contributed by atoms with E-state index in [0.717, 1.165) is 23.7 Å². The third kappa shape index (κ3) is 6.93. The van der Waals surface area contributed by atoms with Crippen molar-refractivity contribution in [3.63, 3.8) is 0 Å². The Balaban J connectivity index is 1.52. The van der Waals surface area contributed by atoms with E-state index in [1.165, 1.54) is 50.3 Å². The predicted octanol–water partition coefficient (Wildman–Crippen LogP) is 7.74. The van der Waals surface area contributed by atoms with E-state index < -0.39 is 0 Å². The molecule has 0 spiro atoms. The Morgan fingerprint density at radius 2 is 1.00 bits per heavy atom. The van der Waals surface area contributed by atoms with Gasteiger partial charge in [-0.15, -0.1) is 0 Å². The van der Waals surface area contributed by atoms with Crippen molar-refractivity contribution in [2.75, 3.05) is 5.33 Å². The van der Waals surface area contributed by atoms with Crippen LogP contribution in [0.3, 0.4) is 0 Å². The highest BCUT2D eigenvalue weighted by molar-refractivity contribution is 9.09. The summed E-state index contributed by atoms with van der Waals surface area (Å²) in [6.45, 7) is 2.35. The molecule has 0 amide bonds. The van der Waals surface area contributed by atoms with E-state index in [4.69, 9.17) is 0 Å². The Hall–Kier alpha value is 0.480. The minimum absolute atomic E-state index is 1.07. The summed E-state index contributed by atoms with van der Waals surface area (Å²) in [6.07, 6.45) is 22.7. The van der Waals surface area contributed by atoms with Gasteiger partial charge in [0.15, 0.2) is 0 Å². The van der Waals surface area contributed by atoms with E-state index in [2.05, 4.69) is 22.9 Å². The van der Waals surface area contributed by atoms with Crippen molar-refractivity contribution in [3.8, 4) is 0 Å². The van der Waals surface area contributed by atoms with Gasteiger partial charge in [0.2, 0.25) is 0 Å². The first-order valence-electron chi connectivity index (χ1n) is 10.4. The molecule has 2 rings (SSSR count). The van der Waals surface area contributed by atoms with Gasteiger partial charge < -0.3 is 0 Å². The normalized spacial score (nSPS) is 33.0. The smallest absolute Gasteiger partial charge is 0.00313 e. The largest absolute Gasteiger partial charge is 0.0928 e. The lowest BCUT2D eigenvalue weighted by molar-refractivity contribution is 0.208. The number of hydrogen-bond acceptors (Lipinski definition) is 0. The molecule has 0 atom stereocenters. The van der Waals surface area contributed by atoms with E-state index in [1.807, 2.05) is 0 Å². The SMILES string of the molecule is CCCC1CCC(CCC2CCC(CCCCBr)CC2)CC1. The third-order valence-electron chi connectivity index (χ3n) is 6.61. The minimum atomic E-state index is 1.07. The average Bonchev–Trinajstić information content (AvgIpc) is 2.56. The van der Waals surface area contributed by atoms with Gasteiger partial charge in [0, 0.05) is 5.33 Å². The molecule has 0 aromatic rings. The van der Waals surface area contributed by atoms with Gasteiger partial charge in [-0.2, -0.15) is 0 Å². The lowest BCUT2D eigenvalue weighted by Crippen LogP contribution is -2.18. The molecule has 0 unspecified atom stereocenters. The highest BCUT2D eigenvalue weighted by atomic mass is 79.9. The standard InChI is InChI=1S/C21H39Br/c1-2-5-18-7-11-20(12-8-18)15-16-21-13-9-19(10-14-21)6-3-4-17-22/h18-21H,2-17H2,1H3. The highest BCUT2D eigenvalue weighted by Crippen LogP contribution is 2.38. The van der Waals surface area contributed by atoms with Crippen LogP contribution in [-0.2, 0) is 0 Å². The van der Waals surface area contributed by atoms with Gasteiger partial charge in [-0.3, -0.25) is 0 Å². The quantitative estimate of drug-likeness (QED) is 0.287. The number of rotatable bonds is 9. The average molecular weight is 371 g/mol. The van der Waals surface area contributed by atoms with Crippen molar-refractivity contribution >= 4 is 15.9 Å². The molecule has 0 aromatic carbocycles. The molecule has 2 fully saturated rings. The van der Waals surface area contributed by atoms with Crippen molar-refractivity contribution in [2.24, 2.45) is 23.7 Å². The first kappa shape index (κ1) is 18.8. The predicted molar refractivity (Wildman–Crippen MR) is 103 cm³/mol. The van der Waals surface area contributed by atoms with Crippen molar-refractivity contribution in [1.29, 1.82) is 0 Å². The summed E-state index contributed by atoms with van der Waals surface area (Å²) in [6, 6.07) is 0. The molecule has 0 aromatic heterocycles. The lowest BCUT2D eigenvalue weighted by Gasteiger charge is -2.32. The molecule has 2 aliphatic rings. The van der Waals surface area contributed by atoms with Gasteiger partial charge in [-0.1, -0.05) is 113 Å². The number of halogens is 1. The Kier molecular flexibility index (Phi) is 9.50. The zero-order chi connectivity index (χ0) is 15.6. The monoisotopic (exact) mass is 370 g/mol. The summed E-state index contributed by atoms with van der Waals surface area (Å²) in [4.78, 5) is 0. The molecular formula is C21H39Br. The highest BCUT2D eigenvalue weighted by Gasteiger charge is 2.24. The topological polar surface area (TPSA) is 0 Å². The van der Waals surface area contributed by atoms with Crippen molar-refractivity contribution in [3.05, 3.63) is 0 Å². The molecule has 1 heteroatoms. The molecule has 0 bridgehead atoms. The van der Waals surface area contributed by atoms with E-state index in [0.29, 0.717) is 0 Å². The van der Waals surface area contributed by atoms with E-state index >= 15 is 0 Å². The molecule has 0 nitrogen and oxygen atoms in total. The maximum absolute atomic E-state index is 3.55. The minimum Gasteiger partial charge on any atom is -0.0928 e. The fourth-order valence-corrected chi connectivity index (χ4v) is 5.42. The lowest BCUT2D eigenvalue weighted by atomic mass is 9.74. The second kappa shape index (κ2) is 11.1. The molecule has 0 heterocycles. The molecule has 2 saturated carbocycles. The van der Waals surface area contributed by atoms with Crippen LogP contribution in [-0.4, -0.2) is 5.33 Å². The summed E-state index contributed by atoms with van der Waals surface area (Å²) in [5.41, 5.74) is 0. The Labute approximate surface area is 148 Å². The van der Waals surface area contributed by atoms with Crippen LogP contribution in [0.4, 0.5) is 0 Å². The van der Waals surface area contributed by atoms with Crippen molar-refractivity contribution < 1.29 is 0 Å². The Bertz CT molecular complexity index is 259. The van der Waals surface area contributed by atoms with E-state index in [-0.39, 0.29) is 0 Å². The van der Waals surface area contributed by atoms with E-state index in [9.17, 15) is 0 Å². The molecule has 0 N–H and O–H groups in total. The molecule has 0 aliphatic heterocycles. The fraction of sp³-hybridized carbons (Fsp3) is 1.00. The molecule has 0 radical (unpaired) electrons. The van der Waals surface area contributed by atoms with Gasteiger partial charge >= 0.3 is 0 Å². The summed E-state index contributed by atoms with van der Waals surface area (Å²) in [5.74, 6) is 4.32. The molecule has 130 valence electrons. The molecule has 22 heavy (non-hydrogen) atoms. The number of unbranched alkanes of at least 4 members (excludes halogenated alkanes) is 1. The maximum atomic E-state index is 3.55. The third-order valence-corrected chi connectivity index (χ3v) is 7.17. The van der Waals surface area contributed by atoms with Gasteiger partial charge in [-0.25, -0.2) is 0 Å². The summed E-state index contributed by atoms with van der Waals surface area (Å²) >= 11 is 3.55. The van der Waals surface area contributed by atoms with Gasteiger partial charge in [0.05, 0.1) is 0 Å². The molecular weight excluding hydrogens is 332 g/mol.